The number of aromatic nitrogens is 2. The Labute approximate surface area is 177 Å². The van der Waals surface area contributed by atoms with Gasteiger partial charge in [-0.05, 0) is 57.6 Å². The molecule has 2 aromatic rings. The predicted molar refractivity (Wildman–Crippen MR) is 115 cm³/mol. The summed E-state index contributed by atoms with van der Waals surface area (Å²) in [5.74, 6) is 1.73. The number of phenolic OH excluding ortho intramolecular Hbond substituents is 1. The molecule has 2 fully saturated rings. The van der Waals surface area contributed by atoms with E-state index in [0.29, 0.717) is 11.4 Å². The summed E-state index contributed by atoms with van der Waals surface area (Å²) in [5, 5.41) is 16.8. The molecule has 0 bridgehead atoms. The second-order valence-electron chi connectivity index (χ2n) is 8.32. The molecular formula is C23H30N4O3. The number of carbonyl (C=O) groups excluding carboxylic acids is 1. The van der Waals surface area contributed by atoms with Gasteiger partial charge in [-0.2, -0.15) is 0 Å². The van der Waals surface area contributed by atoms with Gasteiger partial charge >= 0.3 is 0 Å². The smallest absolute Gasteiger partial charge is 0.223 e. The molecule has 1 aliphatic heterocycles. The van der Waals surface area contributed by atoms with E-state index in [1.165, 1.54) is 0 Å². The van der Waals surface area contributed by atoms with E-state index < -0.39 is 0 Å². The number of amides is 1. The Hall–Kier alpha value is -2.67. The molecular weight excluding hydrogens is 380 g/mol. The molecule has 7 heteroatoms. The van der Waals surface area contributed by atoms with Crippen LogP contribution in [0, 0.1) is 12.8 Å². The summed E-state index contributed by atoms with van der Waals surface area (Å²) in [5.41, 5.74) is 1.47. The highest BCUT2D eigenvalue weighted by atomic mass is 16.5. The fourth-order valence-corrected chi connectivity index (χ4v) is 4.30. The van der Waals surface area contributed by atoms with E-state index in [0.717, 1.165) is 63.3 Å². The third-order valence-electron chi connectivity index (χ3n) is 6.02. The molecule has 1 saturated carbocycles. The van der Waals surface area contributed by atoms with Crippen molar-refractivity contribution in [3.63, 3.8) is 0 Å². The van der Waals surface area contributed by atoms with Gasteiger partial charge < -0.3 is 20.5 Å². The number of anilines is 1. The van der Waals surface area contributed by atoms with Gasteiger partial charge in [0.05, 0.1) is 5.56 Å². The molecule has 0 unspecified atom stereocenters. The van der Waals surface area contributed by atoms with E-state index in [4.69, 9.17) is 4.74 Å². The van der Waals surface area contributed by atoms with E-state index in [9.17, 15) is 9.90 Å². The standard InChI is InChI=1S/C23H30N4O3/c1-15-14-21(27-22(24-15)19-4-2-3-5-20(19)28)25-17-8-6-16(7-9-17)23(29)26-18-10-12-30-13-11-18/h2-5,14,16-18,28H,6-13H2,1H3,(H,26,29)(H,24,25,27). The Morgan fingerprint density at radius 1 is 1.03 bits per heavy atom. The molecule has 30 heavy (non-hydrogen) atoms. The van der Waals surface area contributed by atoms with Crippen LogP contribution in [0.3, 0.4) is 0 Å². The maximum absolute atomic E-state index is 12.6. The van der Waals surface area contributed by atoms with Crippen LogP contribution in [0.4, 0.5) is 5.82 Å². The fourth-order valence-electron chi connectivity index (χ4n) is 4.30. The van der Waals surface area contributed by atoms with E-state index in [-0.39, 0.29) is 29.7 Å². The summed E-state index contributed by atoms with van der Waals surface area (Å²) in [6.45, 7) is 3.40. The lowest BCUT2D eigenvalue weighted by atomic mass is 9.85. The van der Waals surface area contributed by atoms with Crippen LogP contribution in [0.1, 0.15) is 44.2 Å². The quantitative estimate of drug-likeness (QED) is 0.699. The fraction of sp³-hybridized carbons (Fsp3) is 0.522. The zero-order valence-corrected chi connectivity index (χ0v) is 17.4. The number of aromatic hydroxyl groups is 1. The number of hydrogen-bond acceptors (Lipinski definition) is 6. The van der Waals surface area contributed by atoms with Crippen molar-refractivity contribution in [2.24, 2.45) is 5.92 Å². The zero-order valence-electron chi connectivity index (χ0n) is 17.4. The number of ether oxygens (including phenoxy) is 1. The van der Waals surface area contributed by atoms with Crippen molar-refractivity contribution < 1.29 is 14.6 Å². The maximum atomic E-state index is 12.6. The summed E-state index contributed by atoms with van der Waals surface area (Å²) in [6, 6.07) is 9.57. The first-order valence-corrected chi connectivity index (χ1v) is 10.9. The van der Waals surface area contributed by atoms with E-state index >= 15 is 0 Å². The van der Waals surface area contributed by atoms with Crippen LogP contribution in [0.5, 0.6) is 5.75 Å². The Bertz CT molecular complexity index is 875. The molecule has 1 saturated heterocycles. The molecule has 0 radical (unpaired) electrons. The van der Waals surface area contributed by atoms with Gasteiger partial charge in [-0.1, -0.05) is 12.1 Å². The number of nitrogens with zero attached hydrogens (tertiary/aromatic N) is 2. The number of para-hydroxylation sites is 1. The van der Waals surface area contributed by atoms with Gasteiger partial charge in [-0.3, -0.25) is 4.79 Å². The second-order valence-corrected chi connectivity index (χ2v) is 8.32. The molecule has 1 aromatic carbocycles. The lowest BCUT2D eigenvalue weighted by molar-refractivity contribution is -0.127. The topological polar surface area (TPSA) is 96.4 Å². The summed E-state index contributed by atoms with van der Waals surface area (Å²) in [6.07, 6.45) is 5.44. The largest absolute Gasteiger partial charge is 0.507 e. The van der Waals surface area contributed by atoms with Gasteiger partial charge in [-0.25, -0.2) is 9.97 Å². The summed E-state index contributed by atoms with van der Waals surface area (Å²) < 4.78 is 5.37. The minimum Gasteiger partial charge on any atom is -0.507 e. The molecule has 0 spiro atoms. The van der Waals surface area contributed by atoms with E-state index in [2.05, 4.69) is 20.6 Å². The van der Waals surface area contributed by atoms with Gasteiger partial charge in [0.1, 0.15) is 11.6 Å². The Morgan fingerprint density at radius 2 is 1.77 bits per heavy atom. The van der Waals surface area contributed by atoms with Gasteiger partial charge in [0.25, 0.3) is 0 Å². The van der Waals surface area contributed by atoms with Crippen LogP contribution in [-0.2, 0) is 9.53 Å². The average molecular weight is 411 g/mol. The maximum Gasteiger partial charge on any atom is 0.223 e. The Balaban J connectivity index is 1.34. The molecule has 3 N–H and O–H groups in total. The number of phenols is 1. The first-order chi connectivity index (χ1) is 14.6. The number of hydrogen-bond donors (Lipinski definition) is 3. The third kappa shape index (κ3) is 5.08. The van der Waals surface area contributed by atoms with Gasteiger partial charge in [0.15, 0.2) is 5.82 Å². The molecule has 1 amide bonds. The molecule has 7 nitrogen and oxygen atoms in total. The van der Waals surface area contributed by atoms with Gasteiger partial charge in [-0.15, -0.1) is 0 Å². The van der Waals surface area contributed by atoms with Crippen molar-refractivity contribution in [2.75, 3.05) is 18.5 Å². The lowest BCUT2D eigenvalue weighted by Gasteiger charge is -2.31. The molecule has 4 rings (SSSR count). The van der Waals surface area contributed by atoms with Crippen molar-refractivity contribution >= 4 is 11.7 Å². The van der Waals surface area contributed by atoms with Crippen LogP contribution in [0.15, 0.2) is 30.3 Å². The molecule has 160 valence electrons. The van der Waals surface area contributed by atoms with Crippen LogP contribution in [0.25, 0.3) is 11.4 Å². The highest BCUT2D eigenvalue weighted by Gasteiger charge is 2.28. The number of nitrogens with one attached hydrogen (secondary N) is 2. The number of aryl methyl sites for hydroxylation is 1. The van der Waals surface area contributed by atoms with Crippen LogP contribution >= 0.6 is 0 Å². The predicted octanol–water partition coefficient (Wildman–Crippen LogP) is 3.42. The number of benzene rings is 1. The van der Waals surface area contributed by atoms with Crippen molar-refractivity contribution in [1.29, 1.82) is 0 Å². The monoisotopic (exact) mass is 410 g/mol. The van der Waals surface area contributed by atoms with Crippen molar-refractivity contribution in [3.8, 4) is 17.1 Å². The molecule has 2 aliphatic rings. The first-order valence-electron chi connectivity index (χ1n) is 10.9. The summed E-state index contributed by atoms with van der Waals surface area (Å²) >= 11 is 0. The molecule has 2 heterocycles. The number of rotatable bonds is 5. The van der Waals surface area contributed by atoms with Crippen LogP contribution in [0.2, 0.25) is 0 Å². The van der Waals surface area contributed by atoms with Crippen molar-refractivity contribution in [3.05, 3.63) is 36.0 Å². The third-order valence-corrected chi connectivity index (χ3v) is 6.02. The van der Waals surface area contributed by atoms with Crippen LogP contribution in [-0.4, -0.2) is 46.3 Å². The second kappa shape index (κ2) is 9.43. The van der Waals surface area contributed by atoms with Gasteiger partial charge in [0, 0.05) is 43.0 Å². The first kappa shape index (κ1) is 20.6. The Kier molecular flexibility index (Phi) is 6.47. The number of carbonyl (C=O) groups is 1. The average Bonchev–Trinajstić information content (AvgIpc) is 2.75. The SMILES string of the molecule is Cc1cc(NC2CCC(C(=O)NC3CCOCC3)CC2)nc(-c2ccccc2O)n1. The van der Waals surface area contributed by atoms with Crippen molar-refractivity contribution in [1.82, 2.24) is 15.3 Å². The Morgan fingerprint density at radius 3 is 2.50 bits per heavy atom. The minimum atomic E-state index is 0.0925. The molecule has 0 atom stereocenters. The van der Waals surface area contributed by atoms with Crippen molar-refractivity contribution in [2.45, 2.75) is 57.5 Å². The van der Waals surface area contributed by atoms with E-state index in [1.54, 1.807) is 12.1 Å². The summed E-state index contributed by atoms with van der Waals surface area (Å²) in [7, 11) is 0. The summed E-state index contributed by atoms with van der Waals surface area (Å²) in [4.78, 5) is 21.7. The molecule has 1 aromatic heterocycles. The highest BCUT2D eigenvalue weighted by Crippen LogP contribution is 2.29. The van der Waals surface area contributed by atoms with Crippen LogP contribution < -0.4 is 10.6 Å². The molecule has 1 aliphatic carbocycles. The normalized spacial score (nSPS) is 22.4. The minimum absolute atomic E-state index is 0.0925. The van der Waals surface area contributed by atoms with Gasteiger partial charge in [0.2, 0.25) is 5.91 Å². The van der Waals surface area contributed by atoms with E-state index in [1.807, 2.05) is 25.1 Å². The lowest BCUT2D eigenvalue weighted by Crippen LogP contribution is -2.43. The highest BCUT2D eigenvalue weighted by molar-refractivity contribution is 5.79. The zero-order chi connectivity index (χ0) is 20.9.